The van der Waals surface area contributed by atoms with Crippen LogP contribution in [0.15, 0.2) is 168 Å². The van der Waals surface area contributed by atoms with E-state index in [1.54, 1.807) is 0 Å². The lowest BCUT2D eigenvalue weighted by Crippen LogP contribution is -2.19. The van der Waals surface area contributed by atoms with Gasteiger partial charge in [-0.05, 0) is 88.4 Å². The van der Waals surface area contributed by atoms with Gasteiger partial charge in [-0.2, -0.15) is 0 Å². The molecule has 1 unspecified atom stereocenters. The quantitative estimate of drug-likeness (QED) is 0.145. The first-order valence-corrected chi connectivity index (χ1v) is 18.6. The van der Waals surface area contributed by atoms with Gasteiger partial charge in [0.05, 0.1) is 5.69 Å². The van der Waals surface area contributed by atoms with E-state index in [-0.39, 0.29) is 17.2 Å². The fraction of sp³-hybridized carbons (Fsp3) is 0.140. The lowest BCUT2D eigenvalue weighted by Gasteiger charge is -2.32. The predicted molar refractivity (Wildman–Crippen MR) is 230 cm³/mol. The summed E-state index contributed by atoms with van der Waals surface area (Å²) >= 11 is 0. The number of rotatable bonds is 3. The van der Waals surface area contributed by atoms with Gasteiger partial charge in [0.2, 0.25) is 0 Å². The SMILES string of the molecule is C=C1/C=C\C=C/N(c2ccc(C)cc2)c2c3c(c4c(c21)-c1ccccc1C4(C)C)-c1ccccc1C3.C=NC(=NC(=N)c1ccccc1)C1C=CC=CC1. The van der Waals surface area contributed by atoms with Gasteiger partial charge < -0.3 is 4.90 Å². The number of amidine groups is 2. The third-order valence-electron chi connectivity index (χ3n) is 11.0. The molecule has 5 aromatic carbocycles. The highest BCUT2D eigenvalue weighted by atomic mass is 15.1. The maximum atomic E-state index is 7.96. The summed E-state index contributed by atoms with van der Waals surface area (Å²) in [7, 11) is 0. The van der Waals surface area contributed by atoms with E-state index in [0.29, 0.717) is 5.84 Å². The fourth-order valence-electron chi connectivity index (χ4n) is 8.39. The Hall–Kier alpha value is -6.39. The summed E-state index contributed by atoms with van der Waals surface area (Å²) in [6.45, 7) is 15.1. The van der Waals surface area contributed by atoms with Gasteiger partial charge in [-0.3, -0.25) is 5.41 Å². The van der Waals surface area contributed by atoms with Crippen molar-refractivity contribution in [2.24, 2.45) is 15.9 Å². The maximum absolute atomic E-state index is 7.96. The topological polar surface area (TPSA) is 51.8 Å². The van der Waals surface area contributed by atoms with Crippen LogP contribution in [0.5, 0.6) is 0 Å². The summed E-state index contributed by atoms with van der Waals surface area (Å²) in [4.78, 5) is 10.6. The van der Waals surface area contributed by atoms with Gasteiger partial charge in [0, 0.05) is 40.8 Å². The van der Waals surface area contributed by atoms with Gasteiger partial charge in [0.25, 0.3) is 0 Å². The van der Waals surface area contributed by atoms with Gasteiger partial charge in [-0.25, -0.2) is 9.98 Å². The van der Waals surface area contributed by atoms with Crippen molar-refractivity contribution in [2.45, 2.75) is 39.0 Å². The zero-order valence-electron chi connectivity index (χ0n) is 31.2. The van der Waals surface area contributed by atoms with Crippen molar-refractivity contribution in [2.75, 3.05) is 4.90 Å². The number of aryl methyl sites for hydroxylation is 1. The number of allylic oxidation sites excluding steroid dienone is 7. The van der Waals surface area contributed by atoms with Crippen molar-refractivity contribution in [3.05, 3.63) is 197 Å². The first-order chi connectivity index (χ1) is 26.3. The van der Waals surface area contributed by atoms with Gasteiger partial charge in [0.15, 0.2) is 5.84 Å². The van der Waals surface area contributed by atoms with Crippen LogP contribution in [0.4, 0.5) is 11.4 Å². The summed E-state index contributed by atoms with van der Waals surface area (Å²) in [6, 6.07) is 36.3. The number of anilines is 2. The Labute approximate surface area is 319 Å². The summed E-state index contributed by atoms with van der Waals surface area (Å²) in [5.41, 5.74) is 17.9. The molecule has 54 heavy (non-hydrogen) atoms. The Kier molecular flexibility index (Phi) is 9.13. The predicted octanol–water partition coefficient (Wildman–Crippen LogP) is 12.4. The first kappa shape index (κ1) is 34.7. The first-order valence-electron chi connectivity index (χ1n) is 18.6. The molecule has 4 nitrogen and oxygen atoms in total. The van der Waals surface area contributed by atoms with Crippen molar-refractivity contribution in [3.63, 3.8) is 0 Å². The third-order valence-corrected chi connectivity index (χ3v) is 11.0. The zero-order valence-corrected chi connectivity index (χ0v) is 31.2. The van der Waals surface area contributed by atoms with Crippen LogP contribution in [0.1, 0.15) is 59.2 Å². The average Bonchev–Trinajstić information content (AvgIpc) is 3.69. The minimum Gasteiger partial charge on any atom is -0.316 e. The zero-order chi connectivity index (χ0) is 37.4. The summed E-state index contributed by atoms with van der Waals surface area (Å²) in [5.74, 6) is 0.946. The molecular formula is C50H44N4. The molecule has 0 saturated carbocycles. The highest BCUT2D eigenvalue weighted by Crippen LogP contribution is 2.61. The van der Waals surface area contributed by atoms with E-state index in [2.05, 4.69) is 152 Å². The number of fused-ring (bicyclic) bond motifs is 10. The molecule has 4 heteroatoms. The minimum absolute atomic E-state index is 0.0978. The molecule has 1 heterocycles. The molecule has 4 aliphatic rings. The van der Waals surface area contributed by atoms with E-state index in [1.807, 2.05) is 48.6 Å². The normalized spacial score (nSPS) is 18.1. The average molecular weight is 701 g/mol. The summed E-state index contributed by atoms with van der Waals surface area (Å²) < 4.78 is 0. The molecule has 264 valence electrons. The molecule has 5 aromatic rings. The Morgan fingerprint density at radius 2 is 1.52 bits per heavy atom. The van der Waals surface area contributed by atoms with E-state index in [4.69, 9.17) is 5.41 Å². The number of nitrogens with zero attached hydrogens (tertiary/aromatic N) is 3. The lowest BCUT2D eigenvalue weighted by atomic mass is 9.76. The molecule has 1 N–H and O–H groups in total. The van der Waals surface area contributed by atoms with Crippen molar-refractivity contribution < 1.29 is 0 Å². The van der Waals surface area contributed by atoms with E-state index < -0.39 is 0 Å². The van der Waals surface area contributed by atoms with E-state index in [1.165, 1.54) is 67.0 Å². The molecule has 0 amide bonds. The van der Waals surface area contributed by atoms with Crippen LogP contribution in [-0.4, -0.2) is 18.4 Å². The second kappa shape index (κ2) is 14.2. The number of hydrogen-bond acceptors (Lipinski definition) is 2. The van der Waals surface area contributed by atoms with E-state index in [9.17, 15) is 0 Å². The van der Waals surface area contributed by atoms with Crippen LogP contribution in [0, 0.1) is 18.3 Å². The highest BCUT2D eigenvalue weighted by molar-refractivity contribution is 6.07. The number of hydrogen-bond donors (Lipinski definition) is 1. The van der Waals surface area contributed by atoms with Crippen LogP contribution in [-0.2, 0) is 11.8 Å². The van der Waals surface area contributed by atoms with Crippen LogP contribution < -0.4 is 4.90 Å². The molecule has 1 aliphatic heterocycles. The van der Waals surface area contributed by atoms with Gasteiger partial charge >= 0.3 is 0 Å². The number of nitrogens with one attached hydrogen (secondary N) is 1. The van der Waals surface area contributed by atoms with Crippen molar-refractivity contribution >= 4 is 35.3 Å². The minimum atomic E-state index is -0.0978. The molecule has 0 radical (unpaired) electrons. The van der Waals surface area contributed by atoms with Gasteiger partial charge in [-0.15, -0.1) is 0 Å². The van der Waals surface area contributed by atoms with Gasteiger partial charge in [0.1, 0.15) is 5.84 Å². The standard InChI is InChI=1S/C35H29N.C15H15N3/c1-22-16-18-25(19-17-22)36-20-10-9-11-23(2)30-32-27-14-7-8-15-29(27)35(3,4)33(32)31-26-13-6-5-12-24(26)21-28(31)34(30)36;1-17-15(13-10-6-3-7-11-13)18-14(16)12-8-4-2-5-9-12/h5-20H,2,21H2,1,3-4H3;2-10,13,16H,1,11H2/b11-9-,20-10-;. The number of benzene rings is 5. The molecular weight excluding hydrogens is 657 g/mol. The molecule has 9 rings (SSSR count). The number of aliphatic imine (C=N–C) groups is 2. The van der Waals surface area contributed by atoms with Crippen LogP contribution in [0.25, 0.3) is 27.8 Å². The van der Waals surface area contributed by atoms with Crippen molar-refractivity contribution in [1.29, 1.82) is 5.41 Å². The monoisotopic (exact) mass is 700 g/mol. The Bertz CT molecular complexity index is 2470. The summed E-state index contributed by atoms with van der Waals surface area (Å²) in [5, 5.41) is 7.96. The van der Waals surface area contributed by atoms with Crippen molar-refractivity contribution in [3.8, 4) is 22.3 Å². The van der Waals surface area contributed by atoms with E-state index >= 15 is 0 Å². The molecule has 3 aliphatic carbocycles. The molecule has 0 saturated heterocycles. The molecule has 1 atom stereocenters. The molecule has 0 fully saturated rings. The highest BCUT2D eigenvalue weighted by Gasteiger charge is 2.44. The molecule has 0 bridgehead atoms. The maximum Gasteiger partial charge on any atom is 0.153 e. The molecule has 0 spiro atoms. The third kappa shape index (κ3) is 6.04. The Morgan fingerprint density at radius 1 is 0.796 bits per heavy atom. The fourth-order valence-corrected chi connectivity index (χ4v) is 8.39. The second-order valence-electron chi connectivity index (χ2n) is 14.8. The summed E-state index contributed by atoms with van der Waals surface area (Å²) in [6.07, 6.45) is 18.5. The van der Waals surface area contributed by atoms with E-state index in [0.717, 1.165) is 24.0 Å². The Morgan fingerprint density at radius 3 is 2.26 bits per heavy atom. The van der Waals surface area contributed by atoms with Crippen LogP contribution in [0.2, 0.25) is 0 Å². The van der Waals surface area contributed by atoms with Gasteiger partial charge in [-0.1, -0.05) is 153 Å². The Balaban J connectivity index is 0.000000194. The lowest BCUT2D eigenvalue weighted by molar-refractivity contribution is 0.662. The smallest absolute Gasteiger partial charge is 0.153 e. The van der Waals surface area contributed by atoms with Crippen molar-refractivity contribution in [1.82, 2.24) is 0 Å². The largest absolute Gasteiger partial charge is 0.316 e. The van der Waals surface area contributed by atoms with Crippen LogP contribution >= 0.6 is 0 Å². The molecule has 0 aromatic heterocycles. The van der Waals surface area contributed by atoms with Crippen LogP contribution in [0.3, 0.4) is 0 Å². The second-order valence-corrected chi connectivity index (χ2v) is 14.8.